The van der Waals surface area contributed by atoms with Crippen molar-refractivity contribution in [1.29, 1.82) is 0 Å². The number of amides is 2. The van der Waals surface area contributed by atoms with Gasteiger partial charge in [0, 0.05) is 50.6 Å². The average molecular weight is 705 g/mol. The Balaban J connectivity index is 1.07. The largest absolute Gasteiger partial charge is 0.488 e. The van der Waals surface area contributed by atoms with Gasteiger partial charge in [0.15, 0.2) is 0 Å². The Morgan fingerprint density at radius 3 is 2.62 bits per heavy atom. The van der Waals surface area contributed by atoms with Crippen molar-refractivity contribution in [3.63, 3.8) is 0 Å². The maximum atomic E-state index is 13.4. The summed E-state index contributed by atoms with van der Waals surface area (Å²) in [6.07, 6.45) is 5.17. The number of likely N-dealkylation sites (tertiary alicyclic amines) is 2. The summed E-state index contributed by atoms with van der Waals surface area (Å²) in [4.78, 5) is 47.2. The molecular formula is C41H48N6O5. The second-order valence-corrected chi connectivity index (χ2v) is 15.0. The van der Waals surface area contributed by atoms with Gasteiger partial charge in [0.25, 0.3) is 0 Å². The van der Waals surface area contributed by atoms with E-state index in [0.717, 1.165) is 93.0 Å². The fraction of sp³-hybridized carbons (Fsp3) is 0.463. The van der Waals surface area contributed by atoms with E-state index in [-0.39, 0.29) is 35.9 Å². The third-order valence-corrected chi connectivity index (χ3v) is 11.2. The van der Waals surface area contributed by atoms with Crippen LogP contribution in [0.3, 0.4) is 0 Å². The van der Waals surface area contributed by atoms with Crippen molar-refractivity contribution in [1.82, 2.24) is 29.7 Å². The second kappa shape index (κ2) is 14.0. The minimum atomic E-state index is -0.163. The van der Waals surface area contributed by atoms with Gasteiger partial charge in [0.1, 0.15) is 24.0 Å². The van der Waals surface area contributed by atoms with E-state index in [1.165, 1.54) is 0 Å². The average Bonchev–Trinajstić information content (AvgIpc) is 3.96. The number of H-pyrrole nitrogens is 2. The lowest BCUT2D eigenvalue weighted by atomic mass is 9.92. The fourth-order valence-corrected chi connectivity index (χ4v) is 8.48. The number of hydrogen-bond acceptors (Lipinski definition) is 7. The molecule has 0 radical (unpaired) electrons. The Hall–Kier alpha value is -4.74. The van der Waals surface area contributed by atoms with Crippen LogP contribution in [0, 0.1) is 11.8 Å². The molecule has 2 amide bonds. The van der Waals surface area contributed by atoms with Gasteiger partial charge in [-0.25, -0.2) is 9.97 Å². The monoisotopic (exact) mass is 704 g/mol. The third-order valence-electron chi connectivity index (χ3n) is 11.2. The van der Waals surface area contributed by atoms with Crippen molar-refractivity contribution in [2.45, 2.75) is 77.7 Å². The number of aromatic nitrogens is 4. The summed E-state index contributed by atoms with van der Waals surface area (Å²) in [5.41, 5.74) is 7.08. The molecular weight excluding hydrogens is 656 g/mol. The standard InChI is InChI=1S/C41H48N6O5/c1-6-7-37(48)46-19-23(2)12-34(46)40-42-18-33(44-40)27-8-10-29-28(15-27)22-52-36-17-30-26(16-31(29)36)9-11-32-39(30)45-41(43-32)35-14-25(21-50-4)20-47(35)38(49)13-24(3)51-5/h8-11,15-18,23-25,34-35H,6-7,12-14,19-22H2,1-5H3,(H,42,44)(H,43,45)/t23-,24+,25-,34-,35-/m0/s1. The Morgan fingerprint density at radius 1 is 0.981 bits per heavy atom. The van der Waals surface area contributed by atoms with Crippen LogP contribution < -0.4 is 4.74 Å². The number of ether oxygens (including phenoxy) is 3. The highest BCUT2D eigenvalue weighted by Gasteiger charge is 2.39. The number of carbonyl (C=O) groups is 2. The Kier molecular flexibility index (Phi) is 9.25. The van der Waals surface area contributed by atoms with Gasteiger partial charge in [-0.2, -0.15) is 0 Å². The molecule has 11 nitrogen and oxygen atoms in total. The molecule has 272 valence electrons. The summed E-state index contributed by atoms with van der Waals surface area (Å²) < 4.78 is 17.3. The van der Waals surface area contributed by atoms with E-state index < -0.39 is 0 Å². The van der Waals surface area contributed by atoms with Crippen LogP contribution in [-0.4, -0.2) is 81.6 Å². The van der Waals surface area contributed by atoms with E-state index in [2.05, 4.69) is 59.4 Å². The van der Waals surface area contributed by atoms with E-state index in [0.29, 0.717) is 38.5 Å². The molecule has 5 heterocycles. The summed E-state index contributed by atoms with van der Waals surface area (Å²) >= 11 is 0. The van der Waals surface area contributed by atoms with Crippen molar-refractivity contribution >= 4 is 33.6 Å². The molecule has 2 saturated heterocycles. The zero-order valence-electron chi connectivity index (χ0n) is 30.7. The van der Waals surface area contributed by atoms with Gasteiger partial charge in [0.2, 0.25) is 11.8 Å². The van der Waals surface area contributed by atoms with E-state index in [9.17, 15) is 9.59 Å². The molecule has 5 aromatic rings. The van der Waals surface area contributed by atoms with E-state index >= 15 is 0 Å². The van der Waals surface area contributed by atoms with Gasteiger partial charge in [0.05, 0.1) is 54.1 Å². The summed E-state index contributed by atoms with van der Waals surface area (Å²) in [5, 5.41) is 2.08. The Labute approximate surface area is 304 Å². The first-order chi connectivity index (χ1) is 25.2. The van der Waals surface area contributed by atoms with Crippen molar-refractivity contribution in [3.05, 3.63) is 65.9 Å². The normalized spacial score (nSPS) is 21.8. The molecule has 0 saturated carbocycles. The Morgan fingerprint density at radius 2 is 1.81 bits per heavy atom. The number of nitrogens with zero attached hydrogens (tertiary/aromatic N) is 4. The molecule has 5 atom stereocenters. The van der Waals surface area contributed by atoms with Gasteiger partial charge < -0.3 is 34.0 Å². The lowest BCUT2D eigenvalue weighted by molar-refractivity contribution is -0.135. The number of imidazole rings is 2. The van der Waals surface area contributed by atoms with Gasteiger partial charge >= 0.3 is 0 Å². The predicted octanol–water partition coefficient (Wildman–Crippen LogP) is 7.34. The topological polar surface area (TPSA) is 126 Å². The molecule has 8 rings (SSSR count). The summed E-state index contributed by atoms with van der Waals surface area (Å²) in [6.45, 7) is 8.62. The van der Waals surface area contributed by atoms with E-state index in [1.54, 1.807) is 14.2 Å². The quantitative estimate of drug-likeness (QED) is 0.156. The van der Waals surface area contributed by atoms with E-state index in [1.807, 2.05) is 29.8 Å². The van der Waals surface area contributed by atoms with Crippen molar-refractivity contribution in [2.75, 3.05) is 33.9 Å². The molecule has 52 heavy (non-hydrogen) atoms. The van der Waals surface area contributed by atoms with Crippen LogP contribution in [0.4, 0.5) is 0 Å². The number of carbonyl (C=O) groups excluding carboxylic acids is 2. The first-order valence-corrected chi connectivity index (χ1v) is 18.6. The molecule has 0 spiro atoms. The number of hydrogen-bond donors (Lipinski definition) is 2. The number of methoxy groups -OCH3 is 2. The highest BCUT2D eigenvalue weighted by Crippen LogP contribution is 2.44. The van der Waals surface area contributed by atoms with Crippen LogP contribution in [0.5, 0.6) is 5.75 Å². The maximum Gasteiger partial charge on any atom is 0.225 e. The van der Waals surface area contributed by atoms with Crippen LogP contribution in [0.25, 0.3) is 44.2 Å². The van der Waals surface area contributed by atoms with Crippen LogP contribution in [-0.2, 0) is 25.7 Å². The van der Waals surface area contributed by atoms with Crippen LogP contribution in [0.15, 0.2) is 48.7 Å². The minimum Gasteiger partial charge on any atom is -0.488 e. The second-order valence-electron chi connectivity index (χ2n) is 15.0. The number of rotatable bonds is 10. The van der Waals surface area contributed by atoms with Crippen molar-refractivity contribution in [3.8, 4) is 28.1 Å². The highest BCUT2D eigenvalue weighted by molar-refractivity contribution is 6.07. The highest BCUT2D eigenvalue weighted by atomic mass is 16.5. The Bertz CT molecular complexity index is 2140. The van der Waals surface area contributed by atoms with Crippen LogP contribution >= 0.6 is 0 Å². The molecule has 2 aromatic heterocycles. The smallest absolute Gasteiger partial charge is 0.225 e. The predicted molar refractivity (Wildman–Crippen MR) is 200 cm³/mol. The molecule has 0 bridgehead atoms. The van der Waals surface area contributed by atoms with Crippen molar-refractivity contribution in [2.24, 2.45) is 11.8 Å². The first kappa shape index (κ1) is 34.4. The number of nitrogens with one attached hydrogen (secondary N) is 2. The maximum absolute atomic E-state index is 13.4. The van der Waals surface area contributed by atoms with Gasteiger partial charge in [-0.15, -0.1) is 0 Å². The van der Waals surface area contributed by atoms with Gasteiger partial charge in [-0.1, -0.05) is 32.0 Å². The van der Waals surface area contributed by atoms with Crippen LogP contribution in [0.1, 0.15) is 82.2 Å². The molecule has 3 aliphatic heterocycles. The molecule has 0 unspecified atom stereocenters. The molecule has 2 N–H and O–H groups in total. The number of aromatic amines is 2. The molecule has 11 heteroatoms. The first-order valence-electron chi connectivity index (χ1n) is 18.6. The van der Waals surface area contributed by atoms with Crippen LogP contribution in [0.2, 0.25) is 0 Å². The third kappa shape index (κ3) is 6.23. The zero-order valence-corrected chi connectivity index (χ0v) is 30.7. The fourth-order valence-electron chi connectivity index (χ4n) is 8.48. The lowest BCUT2D eigenvalue weighted by Crippen LogP contribution is -2.34. The molecule has 2 fully saturated rings. The number of fused-ring (bicyclic) bond motifs is 6. The molecule has 0 aliphatic carbocycles. The van der Waals surface area contributed by atoms with Crippen molar-refractivity contribution < 1.29 is 23.8 Å². The lowest BCUT2D eigenvalue weighted by Gasteiger charge is -2.24. The summed E-state index contributed by atoms with van der Waals surface area (Å²) in [7, 11) is 3.34. The summed E-state index contributed by atoms with van der Waals surface area (Å²) in [5.74, 6) is 3.42. The van der Waals surface area contributed by atoms with Gasteiger partial charge in [-0.3, -0.25) is 9.59 Å². The summed E-state index contributed by atoms with van der Waals surface area (Å²) in [6, 6.07) is 14.8. The SMILES string of the molecule is CCCC(=O)N1C[C@@H](C)C[C@H]1c1ncc(-c2ccc3c(c2)COc2cc4c(ccc5[nH]c([C@@H]6C[C@H](COC)CN6C(=O)C[C@@H](C)OC)nc54)cc2-3)[nH]1. The zero-order chi connectivity index (χ0) is 36.1. The minimum absolute atomic E-state index is 0.0159. The molecule has 3 aliphatic rings. The molecule has 3 aromatic carbocycles. The van der Waals surface area contributed by atoms with E-state index in [4.69, 9.17) is 24.2 Å². The van der Waals surface area contributed by atoms with Gasteiger partial charge in [-0.05, 0) is 78.4 Å². The number of benzene rings is 3.